The van der Waals surface area contributed by atoms with Crippen molar-refractivity contribution in [3.8, 4) is 34.5 Å². The topological polar surface area (TPSA) is 77.4 Å². The van der Waals surface area contributed by atoms with Crippen LogP contribution in [-0.2, 0) is 12.8 Å². The minimum Gasteiger partial charge on any atom is -0.504 e. The molecule has 23 heavy (non-hydrogen) atoms. The van der Waals surface area contributed by atoms with Crippen LogP contribution in [0.15, 0.2) is 24.3 Å². The molecule has 3 rings (SSSR count). The highest BCUT2D eigenvalue weighted by molar-refractivity contribution is 5.55. The van der Waals surface area contributed by atoms with Crippen LogP contribution in [0.25, 0.3) is 0 Å². The van der Waals surface area contributed by atoms with Crippen LogP contribution in [0.2, 0.25) is 0 Å². The summed E-state index contributed by atoms with van der Waals surface area (Å²) in [7, 11) is 2.98. The van der Waals surface area contributed by atoms with Crippen LogP contribution in [0.3, 0.4) is 0 Å². The Balaban J connectivity index is 1.79. The average molecular weight is 318 g/mol. The molecule has 1 heterocycles. The lowest BCUT2D eigenvalue weighted by atomic mass is 10.0. The highest BCUT2D eigenvalue weighted by Gasteiger charge is 2.20. The zero-order valence-electron chi connectivity index (χ0n) is 13.0. The summed E-state index contributed by atoms with van der Waals surface area (Å²) in [5.41, 5.74) is 1.82. The van der Waals surface area contributed by atoms with Crippen molar-refractivity contribution in [2.24, 2.45) is 0 Å². The number of rotatable bonds is 5. The maximum atomic E-state index is 9.84. The molecule has 1 aliphatic heterocycles. The van der Waals surface area contributed by atoms with Crippen molar-refractivity contribution in [1.82, 2.24) is 0 Å². The van der Waals surface area contributed by atoms with E-state index in [-0.39, 0.29) is 24.0 Å². The first-order valence-electron chi connectivity index (χ1n) is 7.17. The zero-order valence-corrected chi connectivity index (χ0v) is 13.0. The summed E-state index contributed by atoms with van der Waals surface area (Å²) in [5, 5.41) is 19.7. The average Bonchev–Trinajstić information content (AvgIpc) is 3.00. The Kier molecular flexibility index (Phi) is 4.06. The van der Waals surface area contributed by atoms with Gasteiger partial charge in [0.2, 0.25) is 18.3 Å². The van der Waals surface area contributed by atoms with Gasteiger partial charge in [0.05, 0.1) is 14.2 Å². The molecule has 0 aromatic heterocycles. The molecule has 2 N–H and O–H groups in total. The van der Waals surface area contributed by atoms with Crippen molar-refractivity contribution < 1.29 is 29.2 Å². The van der Waals surface area contributed by atoms with E-state index in [2.05, 4.69) is 0 Å². The van der Waals surface area contributed by atoms with Gasteiger partial charge in [-0.25, -0.2) is 0 Å². The lowest BCUT2D eigenvalue weighted by molar-refractivity contribution is 0.171. The largest absolute Gasteiger partial charge is 0.504 e. The molecule has 0 spiro atoms. The third-order valence-electron chi connectivity index (χ3n) is 3.73. The molecule has 0 bridgehead atoms. The molecule has 0 atom stereocenters. The number of fused-ring (bicyclic) bond motifs is 1. The summed E-state index contributed by atoms with van der Waals surface area (Å²) in [6, 6.07) is 6.98. The molecule has 2 aromatic carbocycles. The number of benzene rings is 2. The minimum absolute atomic E-state index is 0.0780. The molecule has 0 radical (unpaired) electrons. The normalized spacial score (nSPS) is 12.3. The first-order chi connectivity index (χ1) is 11.1. The fourth-order valence-corrected chi connectivity index (χ4v) is 2.63. The van der Waals surface area contributed by atoms with Crippen LogP contribution in [-0.4, -0.2) is 31.2 Å². The Hall–Kier alpha value is -2.76. The molecular weight excluding hydrogens is 300 g/mol. The molecule has 6 nitrogen and oxygen atoms in total. The summed E-state index contributed by atoms with van der Waals surface area (Å²) in [5.74, 6) is 1.85. The zero-order chi connectivity index (χ0) is 16.4. The first-order valence-corrected chi connectivity index (χ1v) is 7.17. The molecule has 0 aliphatic carbocycles. The molecule has 0 amide bonds. The first kappa shape index (κ1) is 15.1. The number of phenols is 2. The van der Waals surface area contributed by atoms with E-state index < -0.39 is 0 Å². The van der Waals surface area contributed by atoms with E-state index in [4.69, 9.17) is 18.9 Å². The number of hydrogen-bond acceptors (Lipinski definition) is 6. The van der Waals surface area contributed by atoms with Gasteiger partial charge in [0.1, 0.15) is 0 Å². The Bertz CT molecular complexity index is 702. The molecule has 0 unspecified atom stereocenters. The van der Waals surface area contributed by atoms with Gasteiger partial charge < -0.3 is 29.2 Å². The summed E-state index contributed by atoms with van der Waals surface area (Å²) in [6.07, 6.45) is 1.33. The molecule has 0 fully saturated rings. The van der Waals surface area contributed by atoms with Crippen molar-refractivity contribution in [3.63, 3.8) is 0 Å². The van der Waals surface area contributed by atoms with Gasteiger partial charge in [-0.1, -0.05) is 0 Å². The maximum Gasteiger partial charge on any atom is 0.231 e. The standard InChI is InChI=1S/C17H18O6/c1-20-14-7-11(8-15-17(14)23-9-22-15)4-3-10-5-12(18)16(21-2)13(19)6-10/h5-8,18-19H,3-4,9H2,1-2H3. The van der Waals surface area contributed by atoms with E-state index in [0.717, 1.165) is 11.1 Å². The predicted molar refractivity (Wildman–Crippen MR) is 82.8 cm³/mol. The smallest absolute Gasteiger partial charge is 0.231 e. The highest BCUT2D eigenvalue weighted by Crippen LogP contribution is 2.42. The third-order valence-corrected chi connectivity index (χ3v) is 3.73. The molecule has 122 valence electrons. The second kappa shape index (κ2) is 6.16. The second-order valence-corrected chi connectivity index (χ2v) is 5.20. The van der Waals surface area contributed by atoms with Crippen molar-refractivity contribution in [1.29, 1.82) is 0 Å². The fourth-order valence-electron chi connectivity index (χ4n) is 2.63. The number of phenolic OH excluding ortho intramolecular Hbond substituents is 2. The Morgan fingerprint density at radius 2 is 1.57 bits per heavy atom. The van der Waals surface area contributed by atoms with Gasteiger partial charge in [0.15, 0.2) is 23.0 Å². The third kappa shape index (κ3) is 2.92. The molecule has 0 saturated carbocycles. The molecule has 1 aliphatic rings. The summed E-state index contributed by atoms with van der Waals surface area (Å²) in [6.45, 7) is 0.190. The van der Waals surface area contributed by atoms with Gasteiger partial charge in [-0.2, -0.15) is 0 Å². The van der Waals surface area contributed by atoms with Gasteiger partial charge in [0.25, 0.3) is 0 Å². The summed E-state index contributed by atoms with van der Waals surface area (Å²) >= 11 is 0. The van der Waals surface area contributed by atoms with Crippen molar-refractivity contribution >= 4 is 0 Å². The van der Waals surface area contributed by atoms with Crippen LogP contribution >= 0.6 is 0 Å². The van der Waals surface area contributed by atoms with Gasteiger partial charge in [-0.05, 0) is 48.2 Å². The van der Waals surface area contributed by atoms with Crippen LogP contribution in [0.1, 0.15) is 11.1 Å². The SMILES string of the molecule is COc1cc(CCc2cc(O)c(OC)c(O)c2)cc2c1OCO2. The maximum absolute atomic E-state index is 9.84. The van der Waals surface area contributed by atoms with E-state index in [1.807, 2.05) is 12.1 Å². The Labute approximate surface area is 133 Å². The number of hydrogen-bond donors (Lipinski definition) is 2. The summed E-state index contributed by atoms with van der Waals surface area (Å²) in [4.78, 5) is 0. The van der Waals surface area contributed by atoms with E-state index in [9.17, 15) is 10.2 Å². The van der Waals surface area contributed by atoms with E-state index in [1.54, 1.807) is 19.2 Å². The van der Waals surface area contributed by atoms with Crippen LogP contribution < -0.4 is 18.9 Å². The van der Waals surface area contributed by atoms with Crippen molar-refractivity contribution in [2.45, 2.75) is 12.8 Å². The highest BCUT2D eigenvalue weighted by atomic mass is 16.7. The van der Waals surface area contributed by atoms with Gasteiger partial charge in [-0.15, -0.1) is 0 Å². The molecule has 0 saturated heterocycles. The monoisotopic (exact) mass is 318 g/mol. The minimum atomic E-state index is -0.0780. The lowest BCUT2D eigenvalue weighted by Crippen LogP contribution is -1.95. The Morgan fingerprint density at radius 1 is 0.913 bits per heavy atom. The Morgan fingerprint density at radius 3 is 2.17 bits per heavy atom. The van der Waals surface area contributed by atoms with Crippen molar-refractivity contribution in [2.75, 3.05) is 21.0 Å². The van der Waals surface area contributed by atoms with Gasteiger partial charge >= 0.3 is 0 Å². The molecular formula is C17H18O6. The van der Waals surface area contributed by atoms with Crippen LogP contribution in [0.5, 0.6) is 34.5 Å². The van der Waals surface area contributed by atoms with Gasteiger partial charge in [-0.3, -0.25) is 0 Å². The van der Waals surface area contributed by atoms with Gasteiger partial charge in [0, 0.05) is 0 Å². The van der Waals surface area contributed by atoms with Crippen LogP contribution in [0.4, 0.5) is 0 Å². The second-order valence-electron chi connectivity index (χ2n) is 5.20. The number of methoxy groups -OCH3 is 2. The van der Waals surface area contributed by atoms with Crippen molar-refractivity contribution in [3.05, 3.63) is 35.4 Å². The predicted octanol–water partition coefficient (Wildman–Crippen LogP) is 2.63. The number of ether oxygens (including phenoxy) is 4. The summed E-state index contributed by atoms with van der Waals surface area (Å²) < 4.78 is 21.0. The molecule has 6 heteroatoms. The number of aromatic hydroxyl groups is 2. The lowest BCUT2D eigenvalue weighted by Gasteiger charge is -2.10. The number of aryl methyl sites for hydroxylation is 2. The van der Waals surface area contributed by atoms with E-state index >= 15 is 0 Å². The van der Waals surface area contributed by atoms with Crippen LogP contribution in [0, 0.1) is 0 Å². The van der Waals surface area contributed by atoms with E-state index in [1.165, 1.54) is 7.11 Å². The van der Waals surface area contributed by atoms with E-state index in [0.29, 0.717) is 30.1 Å². The molecule has 2 aromatic rings. The quantitative estimate of drug-likeness (QED) is 0.882. The fraction of sp³-hybridized carbons (Fsp3) is 0.294.